The molecule has 0 radical (unpaired) electrons. The first kappa shape index (κ1) is 23.1. The molecule has 164 valence electrons. The van der Waals surface area contributed by atoms with Gasteiger partial charge in [0.25, 0.3) is 0 Å². The van der Waals surface area contributed by atoms with Crippen molar-refractivity contribution in [2.75, 3.05) is 0 Å². The fraction of sp³-hybridized carbons (Fsp3) is 0.346. The predicted molar refractivity (Wildman–Crippen MR) is 125 cm³/mol. The first-order chi connectivity index (χ1) is 14.8. The van der Waals surface area contributed by atoms with Gasteiger partial charge in [0, 0.05) is 17.3 Å². The third kappa shape index (κ3) is 5.19. The molecule has 3 aromatic rings. The number of nitrogens with zero attached hydrogens (tertiary/aromatic N) is 1. The maximum absolute atomic E-state index is 14.3. The van der Waals surface area contributed by atoms with Crippen molar-refractivity contribution in [2.24, 2.45) is 0 Å². The lowest BCUT2D eigenvalue weighted by Gasteiger charge is -2.20. The van der Waals surface area contributed by atoms with Crippen molar-refractivity contribution < 1.29 is 13.9 Å². The molecule has 0 aliphatic rings. The van der Waals surface area contributed by atoms with Gasteiger partial charge in [-0.3, -0.25) is 4.98 Å². The fourth-order valence-electron chi connectivity index (χ4n) is 3.65. The maximum Gasteiger partial charge on any atom is 0.183 e. The normalized spacial score (nSPS) is 11.1. The van der Waals surface area contributed by atoms with Gasteiger partial charge in [-0.15, -0.1) is 0 Å². The van der Waals surface area contributed by atoms with Gasteiger partial charge < -0.3 is 9.47 Å². The van der Waals surface area contributed by atoms with Crippen LogP contribution in [0.2, 0.25) is 5.02 Å². The van der Waals surface area contributed by atoms with E-state index in [1.807, 2.05) is 26.8 Å². The minimum Gasteiger partial charge on any atom is -0.490 e. The summed E-state index contributed by atoms with van der Waals surface area (Å²) in [7, 11) is 0. The van der Waals surface area contributed by atoms with E-state index >= 15 is 0 Å². The van der Waals surface area contributed by atoms with E-state index in [-0.39, 0.29) is 23.5 Å². The Morgan fingerprint density at radius 3 is 2.26 bits per heavy atom. The molecule has 1 aromatic heterocycles. The van der Waals surface area contributed by atoms with E-state index in [1.54, 1.807) is 12.1 Å². The van der Waals surface area contributed by atoms with E-state index in [0.29, 0.717) is 5.75 Å². The maximum atomic E-state index is 14.3. The number of hydrogen-bond acceptors (Lipinski definition) is 3. The van der Waals surface area contributed by atoms with Crippen LogP contribution >= 0.6 is 11.6 Å². The highest BCUT2D eigenvalue weighted by atomic mass is 35.5. The second kappa shape index (κ2) is 10.1. The van der Waals surface area contributed by atoms with Crippen LogP contribution in [0.25, 0.3) is 11.3 Å². The fourth-order valence-corrected chi connectivity index (χ4v) is 3.82. The molecule has 0 amide bonds. The molecular formula is C26H29ClFNO2. The van der Waals surface area contributed by atoms with Crippen LogP contribution in [0.4, 0.5) is 4.39 Å². The summed E-state index contributed by atoms with van der Waals surface area (Å²) in [5.74, 6) is 0.242. The first-order valence-electron chi connectivity index (χ1n) is 10.7. The van der Waals surface area contributed by atoms with Gasteiger partial charge in [-0.2, -0.15) is 0 Å². The van der Waals surface area contributed by atoms with Crippen molar-refractivity contribution in [1.82, 2.24) is 4.98 Å². The third-order valence-electron chi connectivity index (χ3n) is 5.20. The van der Waals surface area contributed by atoms with Crippen LogP contribution in [0, 0.1) is 12.7 Å². The molecular weight excluding hydrogens is 413 g/mol. The van der Waals surface area contributed by atoms with E-state index in [4.69, 9.17) is 26.1 Å². The Bertz CT molecular complexity index is 1040. The van der Waals surface area contributed by atoms with Gasteiger partial charge >= 0.3 is 0 Å². The molecule has 0 aliphatic carbocycles. The van der Waals surface area contributed by atoms with Gasteiger partial charge in [0.1, 0.15) is 12.4 Å². The number of rotatable bonds is 8. The Kier molecular flexibility index (Phi) is 7.55. The summed E-state index contributed by atoms with van der Waals surface area (Å²) in [5.41, 5.74) is 6.16. The average Bonchev–Trinajstić information content (AvgIpc) is 2.74. The van der Waals surface area contributed by atoms with E-state index < -0.39 is 5.82 Å². The summed E-state index contributed by atoms with van der Waals surface area (Å²) in [6, 6.07) is 13.1. The van der Waals surface area contributed by atoms with Crippen molar-refractivity contribution in [1.29, 1.82) is 0 Å². The van der Waals surface area contributed by atoms with Crippen LogP contribution in [0.3, 0.4) is 0 Å². The highest BCUT2D eigenvalue weighted by Gasteiger charge is 2.18. The largest absolute Gasteiger partial charge is 0.490 e. The number of aryl methyl sites for hydroxylation is 3. The standard InChI is InChI=1S/C26H29ClFNO2/c1-6-18-10-8-11-19(7-2)25(18)22-14-24(31-16(3)4)20(17(5)29-22)15-30-23-13-9-12-21(27)26(23)28/h8-14,16H,6-7,15H2,1-5H3. The molecule has 5 heteroatoms. The van der Waals surface area contributed by atoms with Gasteiger partial charge in [-0.1, -0.05) is 49.7 Å². The Labute approximate surface area is 189 Å². The SMILES string of the molecule is CCc1cccc(CC)c1-c1cc(OC(C)C)c(COc2cccc(Cl)c2F)c(C)n1. The van der Waals surface area contributed by atoms with Gasteiger partial charge in [0.15, 0.2) is 11.6 Å². The smallest absolute Gasteiger partial charge is 0.183 e. The topological polar surface area (TPSA) is 31.4 Å². The van der Waals surface area contributed by atoms with Gasteiger partial charge in [0.2, 0.25) is 0 Å². The van der Waals surface area contributed by atoms with Crippen molar-refractivity contribution >= 4 is 11.6 Å². The number of halogens is 2. The third-order valence-corrected chi connectivity index (χ3v) is 5.49. The molecule has 0 aliphatic heterocycles. The zero-order valence-electron chi connectivity index (χ0n) is 18.8. The lowest BCUT2D eigenvalue weighted by atomic mass is 9.94. The molecule has 0 unspecified atom stereocenters. The lowest BCUT2D eigenvalue weighted by molar-refractivity contribution is 0.227. The summed E-state index contributed by atoms with van der Waals surface area (Å²) in [6.07, 6.45) is 1.81. The molecule has 0 atom stereocenters. The number of hydrogen-bond donors (Lipinski definition) is 0. The van der Waals surface area contributed by atoms with Crippen LogP contribution in [-0.2, 0) is 19.4 Å². The molecule has 1 heterocycles. The molecule has 2 aromatic carbocycles. The van der Waals surface area contributed by atoms with Crippen molar-refractivity contribution in [2.45, 2.75) is 60.2 Å². The Balaban J connectivity index is 2.05. The van der Waals surface area contributed by atoms with Crippen molar-refractivity contribution in [3.63, 3.8) is 0 Å². The van der Waals surface area contributed by atoms with Crippen LogP contribution in [-0.4, -0.2) is 11.1 Å². The summed E-state index contributed by atoms with van der Waals surface area (Å²) in [5, 5.41) is 0.0321. The lowest BCUT2D eigenvalue weighted by Crippen LogP contribution is -2.12. The summed E-state index contributed by atoms with van der Waals surface area (Å²) >= 11 is 5.88. The molecule has 3 nitrogen and oxygen atoms in total. The van der Waals surface area contributed by atoms with Crippen LogP contribution < -0.4 is 9.47 Å². The Hall–Kier alpha value is -2.59. The van der Waals surface area contributed by atoms with Crippen LogP contribution in [0.15, 0.2) is 42.5 Å². The molecule has 0 saturated carbocycles. The van der Waals surface area contributed by atoms with E-state index in [1.165, 1.54) is 17.2 Å². The second-order valence-corrected chi connectivity index (χ2v) is 8.14. The number of aromatic nitrogens is 1. The van der Waals surface area contributed by atoms with Gasteiger partial charge in [0.05, 0.1) is 22.4 Å². The highest BCUT2D eigenvalue weighted by molar-refractivity contribution is 6.30. The van der Waals surface area contributed by atoms with Gasteiger partial charge in [-0.05, 0) is 56.9 Å². The van der Waals surface area contributed by atoms with E-state index in [2.05, 4.69) is 32.0 Å². The highest BCUT2D eigenvalue weighted by Crippen LogP contribution is 2.34. The summed E-state index contributed by atoms with van der Waals surface area (Å²) in [6.45, 7) is 10.3. The predicted octanol–water partition coefficient (Wildman–Crippen LogP) is 7.34. The number of pyridine rings is 1. The minimum atomic E-state index is -0.567. The zero-order chi connectivity index (χ0) is 22.5. The molecule has 0 saturated heterocycles. The van der Waals surface area contributed by atoms with E-state index in [9.17, 15) is 4.39 Å². The van der Waals surface area contributed by atoms with Gasteiger partial charge in [-0.25, -0.2) is 4.39 Å². The molecule has 31 heavy (non-hydrogen) atoms. The Morgan fingerprint density at radius 1 is 1.00 bits per heavy atom. The molecule has 0 bridgehead atoms. The van der Waals surface area contributed by atoms with E-state index in [0.717, 1.165) is 35.4 Å². The molecule has 0 N–H and O–H groups in total. The van der Waals surface area contributed by atoms with Crippen molar-refractivity contribution in [3.8, 4) is 22.8 Å². The monoisotopic (exact) mass is 441 g/mol. The molecule has 3 rings (SSSR count). The summed E-state index contributed by atoms with van der Waals surface area (Å²) in [4.78, 5) is 4.90. The van der Waals surface area contributed by atoms with Crippen LogP contribution in [0.1, 0.15) is 50.1 Å². The number of ether oxygens (including phenoxy) is 2. The second-order valence-electron chi connectivity index (χ2n) is 7.74. The minimum absolute atomic E-state index is 0.0247. The number of benzene rings is 2. The molecule has 0 fully saturated rings. The quantitative estimate of drug-likeness (QED) is 0.366. The summed E-state index contributed by atoms with van der Waals surface area (Å²) < 4.78 is 26.2. The van der Waals surface area contributed by atoms with Crippen molar-refractivity contribution in [3.05, 3.63) is 75.7 Å². The molecule has 0 spiro atoms. The average molecular weight is 442 g/mol. The first-order valence-corrected chi connectivity index (χ1v) is 11.1. The Morgan fingerprint density at radius 2 is 1.65 bits per heavy atom. The van der Waals surface area contributed by atoms with Crippen LogP contribution in [0.5, 0.6) is 11.5 Å². The zero-order valence-corrected chi connectivity index (χ0v) is 19.5.